The van der Waals surface area contributed by atoms with Crippen LogP contribution in [0.25, 0.3) is 0 Å². The van der Waals surface area contributed by atoms with E-state index < -0.39 is 12.0 Å². The Morgan fingerprint density at radius 3 is 2.27 bits per heavy atom. The van der Waals surface area contributed by atoms with Gasteiger partial charge in [-0.25, -0.2) is 8.78 Å². The van der Waals surface area contributed by atoms with Gasteiger partial charge in [0, 0.05) is 6.42 Å². The molecular formula is C8H15F2N. The summed E-state index contributed by atoms with van der Waals surface area (Å²) in [5.74, 6) is -2.46. The van der Waals surface area contributed by atoms with Crippen LogP contribution in [0.15, 0.2) is 0 Å². The summed E-state index contributed by atoms with van der Waals surface area (Å²) in [5.41, 5.74) is 0. The van der Waals surface area contributed by atoms with Gasteiger partial charge >= 0.3 is 0 Å². The molecule has 0 radical (unpaired) electrons. The molecule has 1 unspecified atom stereocenters. The Balaban J connectivity index is 2.60. The van der Waals surface area contributed by atoms with E-state index >= 15 is 0 Å². The molecule has 1 aliphatic rings. The molecule has 0 aliphatic heterocycles. The van der Waals surface area contributed by atoms with Crippen LogP contribution in [0.1, 0.15) is 25.7 Å². The van der Waals surface area contributed by atoms with E-state index in [1.54, 1.807) is 19.0 Å². The highest BCUT2D eigenvalue weighted by Crippen LogP contribution is 2.35. The molecule has 0 aromatic heterocycles. The smallest absolute Gasteiger partial charge is 0.263 e. The lowest BCUT2D eigenvalue weighted by Crippen LogP contribution is -2.46. The van der Waals surface area contributed by atoms with Crippen LogP contribution in [0, 0.1) is 0 Å². The molecular weight excluding hydrogens is 148 g/mol. The summed E-state index contributed by atoms with van der Waals surface area (Å²) in [6.07, 6.45) is 2.33. The van der Waals surface area contributed by atoms with E-state index in [1.165, 1.54) is 0 Å². The minimum absolute atomic E-state index is 0.0653. The highest BCUT2D eigenvalue weighted by Gasteiger charge is 2.42. The summed E-state index contributed by atoms with van der Waals surface area (Å²) in [7, 11) is 3.45. The molecule has 0 amide bonds. The predicted octanol–water partition coefficient (Wildman–Crippen LogP) is 2.13. The van der Waals surface area contributed by atoms with Crippen molar-refractivity contribution in [3.05, 3.63) is 0 Å². The fourth-order valence-electron chi connectivity index (χ4n) is 1.71. The molecule has 66 valence electrons. The summed E-state index contributed by atoms with van der Waals surface area (Å²) in [6, 6.07) is -0.531. The van der Waals surface area contributed by atoms with Gasteiger partial charge in [0.2, 0.25) is 0 Å². The maximum atomic E-state index is 13.1. The summed E-state index contributed by atoms with van der Waals surface area (Å²) in [4.78, 5) is 1.64. The lowest BCUT2D eigenvalue weighted by atomic mass is 9.91. The maximum absolute atomic E-state index is 13.1. The average Bonchev–Trinajstić information content (AvgIpc) is 1.85. The number of alkyl halides is 2. The molecule has 1 aliphatic carbocycles. The summed E-state index contributed by atoms with van der Waals surface area (Å²) in [6.45, 7) is 0. The molecule has 1 fully saturated rings. The van der Waals surface area contributed by atoms with Crippen molar-refractivity contribution in [2.45, 2.75) is 37.6 Å². The van der Waals surface area contributed by atoms with Crippen LogP contribution < -0.4 is 0 Å². The lowest BCUT2D eigenvalue weighted by molar-refractivity contribution is -0.0942. The standard InChI is InChI=1S/C8H15F2N/c1-11(2)7-5-3-4-6-8(7,9)10/h7H,3-6H2,1-2H3. The van der Waals surface area contributed by atoms with Crippen molar-refractivity contribution in [3.8, 4) is 0 Å². The zero-order valence-electron chi connectivity index (χ0n) is 7.11. The zero-order chi connectivity index (χ0) is 8.48. The van der Waals surface area contributed by atoms with Crippen LogP contribution in [0.4, 0.5) is 8.78 Å². The molecule has 0 spiro atoms. The second kappa shape index (κ2) is 3.05. The van der Waals surface area contributed by atoms with E-state index in [9.17, 15) is 8.78 Å². The van der Waals surface area contributed by atoms with Crippen LogP contribution in [-0.2, 0) is 0 Å². The number of rotatable bonds is 1. The van der Waals surface area contributed by atoms with E-state index in [1.807, 2.05) is 0 Å². The van der Waals surface area contributed by atoms with Gasteiger partial charge in [-0.05, 0) is 26.9 Å². The average molecular weight is 163 g/mol. The molecule has 1 saturated carbocycles. The van der Waals surface area contributed by atoms with Crippen LogP contribution in [0.3, 0.4) is 0 Å². The third-order valence-electron chi connectivity index (χ3n) is 2.35. The van der Waals surface area contributed by atoms with Gasteiger partial charge in [0.1, 0.15) is 0 Å². The zero-order valence-corrected chi connectivity index (χ0v) is 7.11. The van der Waals surface area contributed by atoms with Crippen molar-refractivity contribution >= 4 is 0 Å². The van der Waals surface area contributed by atoms with Crippen molar-refractivity contribution in [3.63, 3.8) is 0 Å². The first-order valence-corrected chi connectivity index (χ1v) is 4.08. The van der Waals surface area contributed by atoms with Crippen molar-refractivity contribution < 1.29 is 8.78 Å². The number of halogens is 2. The Bertz CT molecular complexity index is 134. The Morgan fingerprint density at radius 1 is 1.27 bits per heavy atom. The maximum Gasteiger partial charge on any atom is 0.263 e. The number of hydrogen-bond donors (Lipinski definition) is 0. The lowest BCUT2D eigenvalue weighted by Gasteiger charge is -2.35. The van der Waals surface area contributed by atoms with E-state index in [0.717, 1.165) is 6.42 Å². The van der Waals surface area contributed by atoms with Crippen molar-refractivity contribution in [2.75, 3.05) is 14.1 Å². The Hall–Kier alpha value is -0.180. The van der Waals surface area contributed by atoms with E-state index in [2.05, 4.69) is 0 Å². The molecule has 11 heavy (non-hydrogen) atoms. The van der Waals surface area contributed by atoms with Gasteiger partial charge in [-0.3, -0.25) is 0 Å². The van der Waals surface area contributed by atoms with Gasteiger partial charge in [0.25, 0.3) is 5.92 Å². The fraction of sp³-hybridized carbons (Fsp3) is 1.00. The third kappa shape index (κ3) is 1.89. The second-order valence-electron chi connectivity index (χ2n) is 3.49. The van der Waals surface area contributed by atoms with E-state index in [0.29, 0.717) is 12.8 Å². The summed E-state index contributed by atoms with van der Waals surface area (Å²) >= 11 is 0. The van der Waals surface area contributed by atoms with Gasteiger partial charge in [-0.2, -0.15) is 0 Å². The SMILES string of the molecule is CN(C)C1CCCCC1(F)F. The van der Waals surface area contributed by atoms with Gasteiger partial charge < -0.3 is 4.90 Å². The van der Waals surface area contributed by atoms with Gasteiger partial charge in [0.05, 0.1) is 6.04 Å². The van der Waals surface area contributed by atoms with Crippen LogP contribution in [0.5, 0.6) is 0 Å². The summed E-state index contributed by atoms with van der Waals surface area (Å²) in [5, 5.41) is 0. The van der Waals surface area contributed by atoms with Gasteiger partial charge in [0.15, 0.2) is 0 Å². The van der Waals surface area contributed by atoms with E-state index in [4.69, 9.17) is 0 Å². The topological polar surface area (TPSA) is 3.24 Å². The van der Waals surface area contributed by atoms with Crippen molar-refractivity contribution in [1.29, 1.82) is 0 Å². The highest BCUT2D eigenvalue weighted by atomic mass is 19.3. The molecule has 1 rings (SSSR count). The Morgan fingerprint density at radius 2 is 1.91 bits per heavy atom. The molecule has 3 heteroatoms. The minimum atomic E-state index is -2.46. The first-order chi connectivity index (χ1) is 5.04. The quantitative estimate of drug-likeness (QED) is 0.572. The van der Waals surface area contributed by atoms with Gasteiger partial charge in [-0.1, -0.05) is 6.42 Å². The van der Waals surface area contributed by atoms with Crippen LogP contribution in [-0.4, -0.2) is 31.0 Å². The Labute approximate surface area is 66.4 Å². The van der Waals surface area contributed by atoms with Crippen LogP contribution >= 0.6 is 0 Å². The monoisotopic (exact) mass is 163 g/mol. The van der Waals surface area contributed by atoms with Crippen molar-refractivity contribution in [2.24, 2.45) is 0 Å². The number of hydrogen-bond acceptors (Lipinski definition) is 1. The van der Waals surface area contributed by atoms with Gasteiger partial charge in [-0.15, -0.1) is 0 Å². The first-order valence-electron chi connectivity index (χ1n) is 4.08. The highest BCUT2D eigenvalue weighted by molar-refractivity contribution is 4.86. The second-order valence-corrected chi connectivity index (χ2v) is 3.49. The minimum Gasteiger partial charge on any atom is -0.301 e. The molecule has 0 aromatic rings. The molecule has 0 heterocycles. The molecule has 0 N–H and O–H groups in total. The molecule has 1 atom stereocenters. The molecule has 1 nitrogen and oxygen atoms in total. The molecule has 0 bridgehead atoms. The predicted molar refractivity (Wildman–Crippen MR) is 40.9 cm³/mol. The number of nitrogens with zero attached hydrogens (tertiary/aromatic N) is 1. The van der Waals surface area contributed by atoms with E-state index in [-0.39, 0.29) is 6.42 Å². The largest absolute Gasteiger partial charge is 0.301 e. The molecule has 0 aromatic carbocycles. The summed E-state index contributed by atoms with van der Waals surface area (Å²) < 4.78 is 26.2. The van der Waals surface area contributed by atoms with Crippen molar-refractivity contribution in [1.82, 2.24) is 4.90 Å². The normalized spacial score (nSPS) is 30.8. The fourth-order valence-corrected chi connectivity index (χ4v) is 1.71. The van der Waals surface area contributed by atoms with Crippen LogP contribution in [0.2, 0.25) is 0 Å². The third-order valence-corrected chi connectivity index (χ3v) is 2.35. The first kappa shape index (κ1) is 8.91. The molecule has 0 saturated heterocycles. The Kier molecular flexibility index (Phi) is 2.47.